The van der Waals surface area contributed by atoms with Gasteiger partial charge in [-0.05, 0) is 16.7 Å². The summed E-state index contributed by atoms with van der Waals surface area (Å²) in [7, 11) is 0. The fraction of sp³-hybridized carbons (Fsp3) is 0. The summed E-state index contributed by atoms with van der Waals surface area (Å²) in [6, 6.07) is 24.0. The van der Waals surface area contributed by atoms with Crippen molar-refractivity contribution in [3.63, 3.8) is 0 Å². The van der Waals surface area contributed by atoms with Crippen LogP contribution in [0.2, 0.25) is 0 Å². The number of nitrogens with zero attached hydrogens (tertiary/aromatic N) is 2. The summed E-state index contributed by atoms with van der Waals surface area (Å²) in [6.07, 6.45) is 1.34. The van der Waals surface area contributed by atoms with Gasteiger partial charge in [-0.15, -0.1) is 0 Å². The summed E-state index contributed by atoms with van der Waals surface area (Å²) in [6.45, 7) is 0. The highest BCUT2D eigenvalue weighted by molar-refractivity contribution is 6.03. The van der Waals surface area contributed by atoms with Crippen molar-refractivity contribution < 1.29 is 14.7 Å². The first-order valence-corrected chi connectivity index (χ1v) is 9.93. The summed E-state index contributed by atoms with van der Waals surface area (Å²) in [5.41, 5.74) is 4.40. The number of nitrogens with one attached hydrogen (secondary N) is 2. The summed E-state index contributed by atoms with van der Waals surface area (Å²) in [4.78, 5) is 36.5. The van der Waals surface area contributed by atoms with Crippen molar-refractivity contribution >= 4 is 18.1 Å². The van der Waals surface area contributed by atoms with Crippen LogP contribution in [0.1, 0.15) is 26.3 Å². The highest BCUT2D eigenvalue weighted by atomic mass is 16.4. The summed E-state index contributed by atoms with van der Waals surface area (Å²) in [5.74, 6) is -2.00. The van der Waals surface area contributed by atoms with Gasteiger partial charge in [0, 0.05) is 11.1 Å². The van der Waals surface area contributed by atoms with Gasteiger partial charge in [0.15, 0.2) is 0 Å². The number of hydrogen-bond donors (Lipinski definition) is 2. The first-order valence-electron chi connectivity index (χ1n) is 9.93. The first kappa shape index (κ1) is 21.4. The van der Waals surface area contributed by atoms with Gasteiger partial charge in [0.2, 0.25) is 0 Å². The minimum Gasteiger partial charge on any atom is -0.545 e. The molecule has 1 amide bonds. The van der Waals surface area contributed by atoms with Crippen LogP contribution in [-0.4, -0.2) is 28.3 Å². The molecule has 4 aromatic rings. The second-order valence-electron chi connectivity index (χ2n) is 6.99. The number of hydrazone groups is 1. The van der Waals surface area contributed by atoms with Gasteiger partial charge in [-0.2, -0.15) is 10.2 Å². The lowest BCUT2D eigenvalue weighted by molar-refractivity contribution is -0.255. The Hall–Kier alpha value is -4.85. The molecule has 0 saturated heterocycles. The number of carbonyl (C=O) groups is 2. The molecular weight excluding hydrogens is 420 g/mol. The monoisotopic (exact) mass is 437 g/mol. The zero-order chi connectivity index (χ0) is 23.2. The highest BCUT2D eigenvalue weighted by Crippen LogP contribution is 2.31. The molecule has 0 unspecified atom stereocenters. The molecule has 0 fully saturated rings. The van der Waals surface area contributed by atoms with Crippen LogP contribution in [0, 0.1) is 0 Å². The molecule has 0 bridgehead atoms. The van der Waals surface area contributed by atoms with Crippen LogP contribution in [-0.2, 0) is 0 Å². The van der Waals surface area contributed by atoms with E-state index in [-0.39, 0.29) is 11.1 Å². The van der Waals surface area contributed by atoms with Crippen LogP contribution < -0.4 is 16.1 Å². The molecule has 0 aliphatic heterocycles. The van der Waals surface area contributed by atoms with E-state index in [2.05, 4.69) is 20.7 Å². The normalized spacial score (nSPS) is 10.8. The Kier molecular flexibility index (Phi) is 6.17. The molecule has 0 atom stereocenters. The number of aromatic carboxylic acids is 1. The molecule has 162 valence electrons. The van der Waals surface area contributed by atoms with E-state index in [9.17, 15) is 19.5 Å². The Bertz CT molecular complexity index is 1380. The number of amides is 1. The Morgan fingerprint density at radius 3 is 2.09 bits per heavy atom. The Balaban J connectivity index is 1.71. The molecule has 0 aliphatic rings. The van der Waals surface area contributed by atoms with Crippen LogP contribution in [0.4, 0.5) is 0 Å². The lowest BCUT2D eigenvalue weighted by Gasteiger charge is -2.12. The molecule has 0 radical (unpaired) electrons. The molecule has 4 rings (SSSR count). The van der Waals surface area contributed by atoms with E-state index in [4.69, 9.17) is 0 Å². The van der Waals surface area contributed by atoms with Crippen LogP contribution >= 0.6 is 0 Å². The topological polar surface area (TPSA) is 127 Å². The number of rotatable bonds is 6. The SMILES string of the molecule is O=C([O-])c1ccc(C=NNC(=O)c2c(-c3ccccc3)c(-c3ccccc3)n[nH]c2=O)cc1. The number of aromatic amines is 1. The van der Waals surface area contributed by atoms with Gasteiger partial charge in [0.25, 0.3) is 11.5 Å². The molecule has 1 aromatic heterocycles. The standard InChI is InChI=1S/C25H18N4O4/c30-23(28-26-15-16-11-13-19(14-12-16)25(32)33)21-20(17-7-3-1-4-8-17)22(27-29-24(21)31)18-9-5-2-6-10-18/h1-15H,(H,28,30)(H,29,31)(H,32,33)/p-1. The molecule has 8 nitrogen and oxygen atoms in total. The quantitative estimate of drug-likeness (QED) is 0.353. The van der Waals surface area contributed by atoms with Gasteiger partial charge in [0.1, 0.15) is 5.56 Å². The minimum atomic E-state index is -1.29. The lowest BCUT2D eigenvalue weighted by atomic mass is 9.95. The van der Waals surface area contributed by atoms with Crippen molar-refractivity contribution in [3.05, 3.63) is 112 Å². The van der Waals surface area contributed by atoms with Crippen molar-refractivity contribution in [1.29, 1.82) is 0 Å². The lowest BCUT2D eigenvalue weighted by Crippen LogP contribution is -2.28. The van der Waals surface area contributed by atoms with Gasteiger partial charge >= 0.3 is 0 Å². The third-order valence-electron chi connectivity index (χ3n) is 4.85. The van der Waals surface area contributed by atoms with Crippen molar-refractivity contribution in [1.82, 2.24) is 15.6 Å². The minimum absolute atomic E-state index is 0.0282. The largest absolute Gasteiger partial charge is 0.545 e. The molecule has 0 aliphatic carbocycles. The smallest absolute Gasteiger partial charge is 0.277 e. The van der Waals surface area contributed by atoms with Crippen LogP contribution in [0.3, 0.4) is 0 Å². The van der Waals surface area contributed by atoms with Crippen molar-refractivity contribution in [3.8, 4) is 22.4 Å². The summed E-state index contributed by atoms with van der Waals surface area (Å²) >= 11 is 0. The zero-order valence-electron chi connectivity index (χ0n) is 17.2. The van der Waals surface area contributed by atoms with Crippen molar-refractivity contribution in [2.45, 2.75) is 0 Å². The maximum absolute atomic E-state index is 13.0. The predicted molar refractivity (Wildman–Crippen MR) is 122 cm³/mol. The van der Waals surface area contributed by atoms with E-state index >= 15 is 0 Å². The van der Waals surface area contributed by atoms with Gasteiger partial charge < -0.3 is 9.90 Å². The van der Waals surface area contributed by atoms with Crippen molar-refractivity contribution in [2.24, 2.45) is 5.10 Å². The van der Waals surface area contributed by atoms with Crippen LogP contribution in [0.25, 0.3) is 22.4 Å². The molecule has 3 aromatic carbocycles. The Labute approximate surface area is 188 Å². The van der Waals surface area contributed by atoms with E-state index < -0.39 is 17.4 Å². The maximum Gasteiger partial charge on any atom is 0.277 e. The Morgan fingerprint density at radius 2 is 1.48 bits per heavy atom. The zero-order valence-corrected chi connectivity index (χ0v) is 17.2. The van der Waals surface area contributed by atoms with Gasteiger partial charge in [0.05, 0.1) is 17.9 Å². The third kappa shape index (κ3) is 4.75. The molecule has 2 N–H and O–H groups in total. The number of carbonyl (C=O) groups excluding carboxylic acids is 2. The first-order chi connectivity index (χ1) is 16.0. The molecule has 1 heterocycles. The third-order valence-corrected chi connectivity index (χ3v) is 4.85. The maximum atomic E-state index is 13.0. The van der Waals surface area contributed by atoms with E-state index in [0.29, 0.717) is 22.4 Å². The van der Waals surface area contributed by atoms with Gasteiger partial charge in [-0.3, -0.25) is 9.59 Å². The molecule has 33 heavy (non-hydrogen) atoms. The fourth-order valence-corrected chi connectivity index (χ4v) is 3.28. The Morgan fingerprint density at radius 1 is 0.879 bits per heavy atom. The van der Waals surface area contributed by atoms with E-state index in [1.807, 2.05) is 36.4 Å². The molecule has 0 saturated carbocycles. The van der Waals surface area contributed by atoms with Crippen molar-refractivity contribution in [2.75, 3.05) is 0 Å². The number of H-pyrrole nitrogens is 1. The second-order valence-corrected chi connectivity index (χ2v) is 6.99. The number of carboxylic acid groups (broad SMARTS) is 1. The summed E-state index contributed by atoms with van der Waals surface area (Å²) < 4.78 is 0. The van der Waals surface area contributed by atoms with E-state index in [0.717, 1.165) is 5.56 Å². The average molecular weight is 437 g/mol. The van der Waals surface area contributed by atoms with Crippen LogP contribution in [0.5, 0.6) is 0 Å². The molecule has 0 spiro atoms. The average Bonchev–Trinajstić information content (AvgIpc) is 2.85. The van der Waals surface area contributed by atoms with Crippen LogP contribution in [0.15, 0.2) is 94.8 Å². The summed E-state index contributed by atoms with van der Waals surface area (Å²) in [5, 5.41) is 21.4. The number of carboxylic acids is 1. The highest BCUT2D eigenvalue weighted by Gasteiger charge is 2.22. The van der Waals surface area contributed by atoms with E-state index in [1.54, 1.807) is 24.3 Å². The predicted octanol–water partition coefficient (Wildman–Crippen LogP) is 2.23. The fourth-order valence-electron chi connectivity index (χ4n) is 3.28. The van der Waals surface area contributed by atoms with Gasteiger partial charge in [-0.1, -0.05) is 84.9 Å². The number of hydrogen-bond acceptors (Lipinski definition) is 6. The number of aromatic nitrogens is 2. The van der Waals surface area contributed by atoms with Gasteiger partial charge in [-0.25, -0.2) is 10.5 Å². The molecular formula is C25H17N4O4-. The second kappa shape index (κ2) is 9.52. The molecule has 8 heteroatoms. The van der Waals surface area contributed by atoms with E-state index in [1.165, 1.54) is 30.5 Å². The number of benzene rings is 3.